The van der Waals surface area contributed by atoms with Gasteiger partial charge in [-0.25, -0.2) is 0 Å². The summed E-state index contributed by atoms with van der Waals surface area (Å²) in [5.74, 6) is 0.0778. The molecule has 0 saturated heterocycles. The van der Waals surface area contributed by atoms with E-state index in [0.29, 0.717) is 6.04 Å². The SMILES string of the molecule is CC1Cc2ccccc2N1c1cnccc1C(=N)N. The van der Waals surface area contributed by atoms with Crippen molar-refractivity contribution in [1.29, 1.82) is 5.41 Å². The lowest BCUT2D eigenvalue weighted by Crippen LogP contribution is -2.27. The molecule has 19 heavy (non-hydrogen) atoms. The van der Waals surface area contributed by atoms with Crippen molar-refractivity contribution >= 4 is 17.2 Å². The predicted molar refractivity (Wildman–Crippen MR) is 77.0 cm³/mol. The molecule has 96 valence electrons. The van der Waals surface area contributed by atoms with Crippen LogP contribution in [0, 0.1) is 5.41 Å². The van der Waals surface area contributed by atoms with Crippen LogP contribution in [0.25, 0.3) is 0 Å². The highest BCUT2D eigenvalue weighted by Gasteiger charge is 2.28. The van der Waals surface area contributed by atoms with Gasteiger partial charge in [-0.3, -0.25) is 10.4 Å². The van der Waals surface area contributed by atoms with Gasteiger partial charge in [0.05, 0.1) is 11.9 Å². The molecule has 3 N–H and O–H groups in total. The van der Waals surface area contributed by atoms with Crippen molar-refractivity contribution in [2.45, 2.75) is 19.4 Å². The number of pyridine rings is 1. The summed E-state index contributed by atoms with van der Waals surface area (Å²) in [4.78, 5) is 6.41. The molecule has 0 radical (unpaired) electrons. The predicted octanol–water partition coefficient (Wildman–Crippen LogP) is 2.45. The highest BCUT2D eigenvalue weighted by atomic mass is 15.2. The molecule has 0 spiro atoms. The number of aromatic nitrogens is 1. The number of nitrogens with zero attached hydrogens (tertiary/aromatic N) is 2. The Hall–Kier alpha value is -2.36. The monoisotopic (exact) mass is 252 g/mol. The highest BCUT2D eigenvalue weighted by molar-refractivity contribution is 6.01. The van der Waals surface area contributed by atoms with Gasteiger partial charge in [0.15, 0.2) is 0 Å². The van der Waals surface area contributed by atoms with Crippen molar-refractivity contribution in [1.82, 2.24) is 4.98 Å². The minimum atomic E-state index is 0.0778. The largest absolute Gasteiger partial charge is 0.384 e. The normalized spacial score (nSPS) is 17.3. The first-order valence-electron chi connectivity index (χ1n) is 6.34. The Morgan fingerprint density at radius 1 is 1.32 bits per heavy atom. The third kappa shape index (κ3) is 1.85. The molecule has 0 saturated carbocycles. The fourth-order valence-electron chi connectivity index (χ4n) is 2.74. The molecular weight excluding hydrogens is 236 g/mol. The first-order chi connectivity index (χ1) is 9.18. The van der Waals surface area contributed by atoms with Gasteiger partial charge in [0.25, 0.3) is 0 Å². The molecular formula is C15H16N4. The Bertz CT molecular complexity index is 636. The van der Waals surface area contributed by atoms with Gasteiger partial charge in [0.2, 0.25) is 0 Å². The second-order valence-corrected chi connectivity index (χ2v) is 4.86. The van der Waals surface area contributed by atoms with Crippen LogP contribution in [0.1, 0.15) is 18.1 Å². The van der Waals surface area contributed by atoms with Crippen molar-refractivity contribution in [2.75, 3.05) is 4.90 Å². The van der Waals surface area contributed by atoms with Crippen molar-refractivity contribution < 1.29 is 0 Å². The number of anilines is 2. The van der Waals surface area contributed by atoms with Gasteiger partial charge in [-0.15, -0.1) is 0 Å². The number of para-hydroxylation sites is 1. The average Bonchev–Trinajstić information content (AvgIpc) is 2.74. The maximum Gasteiger partial charge on any atom is 0.125 e. The van der Waals surface area contributed by atoms with E-state index in [9.17, 15) is 0 Å². The van der Waals surface area contributed by atoms with E-state index in [0.717, 1.165) is 17.7 Å². The van der Waals surface area contributed by atoms with Crippen LogP contribution in [0.3, 0.4) is 0 Å². The first-order valence-corrected chi connectivity index (χ1v) is 6.34. The molecule has 0 amide bonds. The molecule has 1 aliphatic heterocycles. The molecule has 1 aromatic heterocycles. The molecule has 1 unspecified atom stereocenters. The van der Waals surface area contributed by atoms with E-state index >= 15 is 0 Å². The number of nitrogen functional groups attached to an aromatic ring is 1. The van der Waals surface area contributed by atoms with Crippen LogP contribution < -0.4 is 10.6 Å². The third-order valence-electron chi connectivity index (χ3n) is 3.56. The summed E-state index contributed by atoms with van der Waals surface area (Å²) in [6.45, 7) is 2.18. The third-order valence-corrected chi connectivity index (χ3v) is 3.56. The van der Waals surface area contributed by atoms with Crippen LogP contribution in [-0.4, -0.2) is 16.9 Å². The number of nitrogens with one attached hydrogen (secondary N) is 1. The smallest absolute Gasteiger partial charge is 0.125 e. The van der Waals surface area contributed by atoms with E-state index in [-0.39, 0.29) is 5.84 Å². The molecule has 0 fully saturated rings. The summed E-state index contributed by atoms with van der Waals surface area (Å²) in [6.07, 6.45) is 4.46. The summed E-state index contributed by atoms with van der Waals surface area (Å²) in [5.41, 5.74) is 9.83. The van der Waals surface area contributed by atoms with E-state index in [2.05, 4.69) is 35.0 Å². The maximum absolute atomic E-state index is 7.71. The van der Waals surface area contributed by atoms with Gasteiger partial charge in [0, 0.05) is 23.5 Å². The minimum Gasteiger partial charge on any atom is -0.384 e. The second-order valence-electron chi connectivity index (χ2n) is 4.86. The van der Waals surface area contributed by atoms with Gasteiger partial charge in [-0.05, 0) is 31.0 Å². The van der Waals surface area contributed by atoms with Crippen LogP contribution in [0.15, 0.2) is 42.7 Å². The number of hydrogen-bond donors (Lipinski definition) is 2. The van der Waals surface area contributed by atoms with Crippen molar-refractivity contribution in [3.63, 3.8) is 0 Å². The summed E-state index contributed by atoms with van der Waals surface area (Å²) in [5, 5.41) is 7.71. The Balaban J connectivity index is 2.15. The molecule has 1 atom stereocenters. The van der Waals surface area contributed by atoms with Crippen molar-refractivity contribution in [3.05, 3.63) is 53.9 Å². The van der Waals surface area contributed by atoms with Gasteiger partial charge in [0.1, 0.15) is 5.84 Å². The van der Waals surface area contributed by atoms with Crippen molar-refractivity contribution in [2.24, 2.45) is 5.73 Å². The Kier molecular flexibility index (Phi) is 2.71. The van der Waals surface area contributed by atoms with Gasteiger partial charge in [-0.1, -0.05) is 18.2 Å². The molecule has 0 aliphatic carbocycles. The fourth-order valence-corrected chi connectivity index (χ4v) is 2.74. The Morgan fingerprint density at radius 3 is 2.89 bits per heavy atom. The number of nitrogens with two attached hydrogens (primary N) is 1. The lowest BCUT2D eigenvalue weighted by molar-refractivity contribution is 0.757. The van der Waals surface area contributed by atoms with E-state index in [1.165, 1.54) is 11.3 Å². The number of rotatable bonds is 2. The number of fused-ring (bicyclic) bond motifs is 1. The van der Waals surface area contributed by atoms with Crippen molar-refractivity contribution in [3.8, 4) is 0 Å². The van der Waals surface area contributed by atoms with Gasteiger partial charge >= 0.3 is 0 Å². The lowest BCUT2D eigenvalue weighted by atomic mass is 10.1. The van der Waals surface area contributed by atoms with Crippen LogP contribution in [0.5, 0.6) is 0 Å². The van der Waals surface area contributed by atoms with Crippen LogP contribution in [0.2, 0.25) is 0 Å². The van der Waals surface area contributed by atoms with E-state index in [1.54, 1.807) is 18.5 Å². The van der Waals surface area contributed by atoms with E-state index in [4.69, 9.17) is 11.1 Å². The average molecular weight is 252 g/mol. The first kappa shape index (κ1) is 11.7. The van der Waals surface area contributed by atoms with Gasteiger partial charge in [-0.2, -0.15) is 0 Å². The zero-order valence-electron chi connectivity index (χ0n) is 10.8. The van der Waals surface area contributed by atoms with Gasteiger partial charge < -0.3 is 10.6 Å². The van der Waals surface area contributed by atoms with Crippen LogP contribution in [0.4, 0.5) is 11.4 Å². The molecule has 1 aliphatic rings. The summed E-state index contributed by atoms with van der Waals surface area (Å²) < 4.78 is 0. The highest BCUT2D eigenvalue weighted by Crippen LogP contribution is 2.38. The molecule has 1 aromatic carbocycles. The fraction of sp³-hybridized carbons (Fsp3) is 0.200. The molecule has 0 bridgehead atoms. The summed E-state index contributed by atoms with van der Waals surface area (Å²) in [7, 11) is 0. The number of benzene rings is 1. The number of amidine groups is 1. The second kappa shape index (κ2) is 4.39. The number of hydrogen-bond acceptors (Lipinski definition) is 3. The summed E-state index contributed by atoms with van der Waals surface area (Å²) >= 11 is 0. The van der Waals surface area contributed by atoms with E-state index < -0.39 is 0 Å². The molecule has 2 aromatic rings. The summed E-state index contributed by atoms with van der Waals surface area (Å²) in [6, 6.07) is 10.5. The van der Waals surface area contributed by atoms with Crippen LogP contribution >= 0.6 is 0 Å². The molecule has 4 heteroatoms. The standard InChI is InChI=1S/C15H16N4/c1-10-8-11-4-2-3-5-13(11)19(10)14-9-18-7-6-12(14)15(16)17/h2-7,9-10H,8H2,1H3,(H3,16,17). The van der Waals surface area contributed by atoms with Crippen LogP contribution in [-0.2, 0) is 6.42 Å². The Labute approximate surface area is 112 Å². The van der Waals surface area contributed by atoms with E-state index in [1.807, 2.05) is 6.07 Å². The minimum absolute atomic E-state index is 0.0778. The molecule has 2 heterocycles. The molecule has 4 nitrogen and oxygen atoms in total. The zero-order chi connectivity index (χ0) is 13.4. The Morgan fingerprint density at radius 2 is 2.11 bits per heavy atom. The lowest BCUT2D eigenvalue weighted by Gasteiger charge is -2.26. The zero-order valence-corrected chi connectivity index (χ0v) is 10.8. The topological polar surface area (TPSA) is 66.0 Å². The maximum atomic E-state index is 7.71. The molecule has 3 rings (SSSR count). The quantitative estimate of drug-likeness (QED) is 0.637.